The van der Waals surface area contributed by atoms with Gasteiger partial charge in [0.2, 0.25) is 5.88 Å². The molecular weight excluding hydrogens is 347 g/mol. The van der Waals surface area contributed by atoms with Crippen LogP contribution < -0.4 is 15.8 Å². The Morgan fingerprint density at radius 1 is 1.65 bits per heavy atom. The molecule has 10 heteroatoms. The van der Waals surface area contributed by atoms with Gasteiger partial charge in [0, 0.05) is 6.54 Å². The second-order valence-corrected chi connectivity index (χ2v) is 4.59. The minimum atomic E-state index is -4.63. The van der Waals surface area contributed by atoms with Gasteiger partial charge in [0.25, 0.3) is 0 Å². The highest BCUT2D eigenvalue weighted by Crippen LogP contribution is 2.37. The normalized spacial score (nSPS) is 12.9. The lowest BCUT2D eigenvalue weighted by atomic mass is 10.2. The summed E-state index contributed by atoms with van der Waals surface area (Å²) in [5.74, 6) is -0.465. The molecule has 1 amide bonds. The van der Waals surface area contributed by atoms with E-state index in [0.717, 1.165) is 0 Å². The van der Waals surface area contributed by atoms with Crippen LogP contribution in [0.25, 0.3) is 0 Å². The van der Waals surface area contributed by atoms with Crippen LogP contribution in [-0.2, 0) is 6.18 Å². The summed E-state index contributed by atoms with van der Waals surface area (Å²) in [5.41, 5.74) is 3.84. The Morgan fingerprint density at radius 3 is 2.75 bits per heavy atom. The number of nitrogens with zero attached hydrogens (tertiary/aromatic N) is 1. The van der Waals surface area contributed by atoms with Gasteiger partial charge in [-0.05, 0) is 28.9 Å². The molecule has 0 bridgehead atoms. The number of ether oxygens (including phenoxy) is 1. The smallest absolute Gasteiger partial charge is 0.394 e. The molecule has 0 aliphatic carbocycles. The van der Waals surface area contributed by atoms with Crippen LogP contribution in [0.1, 0.15) is 12.5 Å². The molecule has 112 valence electrons. The van der Waals surface area contributed by atoms with E-state index >= 15 is 0 Å². The maximum Gasteiger partial charge on any atom is 0.419 e. The fourth-order valence-electron chi connectivity index (χ4n) is 1.13. The molecule has 0 fully saturated rings. The number of rotatable bonds is 3. The number of hydrogen-bond acceptors (Lipinski definition) is 5. The summed E-state index contributed by atoms with van der Waals surface area (Å²) in [5, 5.41) is 11.1. The second kappa shape index (κ2) is 6.27. The lowest BCUT2D eigenvalue weighted by Crippen LogP contribution is -2.33. The van der Waals surface area contributed by atoms with E-state index in [0.29, 0.717) is 6.07 Å². The number of nitrogens with two attached hydrogens (primary N) is 1. The summed E-state index contributed by atoms with van der Waals surface area (Å²) < 4.78 is 41.8. The number of carbonyl (C=O) groups excluding carboxylic acids is 1. The van der Waals surface area contributed by atoms with E-state index in [4.69, 9.17) is 10.8 Å². The zero-order valence-electron chi connectivity index (χ0n) is 10.2. The highest BCUT2D eigenvalue weighted by molar-refractivity contribution is 9.10. The highest BCUT2D eigenvalue weighted by atomic mass is 79.9. The van der Waals surface area contributed by atoms with Gasteiger partial charge in [-0.25, -0.2) is 9.78 Å². The van der Waals surface area contributed by atoms with Gasteiger partial charge in [-0.1, -0.05) is 0 Å². The number of aliphatic hydroxyl groups excluding tert-OH is 1. The number of halogens is 4. The quantitative estimate of drug-likeness (QED) is 0.718. The summed E-state index contributed by atoms with van der Waals surface area (Å²) in [6.45, 7) is 1.35. The van der Waals surface area contributed by atoms with Gasteiger partial charge in [0.05, 0.1) is 17.4 Å². The maximum absolute atomic E-state index is 12.6. The minimum absolute atomic E-state index is 0.0828. The molecule has 20 heavy (non-hydrogen) atoms. The van der Waals surface area contributed by atoms with Crippen molar-refractivity contribution in [3.05, 3.63) is 16.2 Å². The minimum Gasteiger partial charge on any atom is -0.394 e. The first-order chi connectivity index (χ1) is 9.11. The third-order valence-corrected chi connectivity index (χ3v) is 2.61. The van der Waals surface area contributed by atoms with Crippen LogP contribution >= 0.6 is 15.9 Å². The van der Waals surface area contributed by atoms with E-state index < -0.39 is 40.1 Å². The van der Waals surface area contributed by atoms with Gasteiger partial charge >= 0.3 is 12.3 Å². The van der Waals surface area contributed by atoms with Crippen LogP contribution in [0.2, 0.25) is 0 Å². The van der Waals surface area contributed by atoms with Crippen molar-refractivity contribution in [3.8, 4) is 5.88 Å². The molecule has 1 unspecified atom stereocenters. The van der Waals surface area contributed by atoms with Crippen LogP contribution in [0.3, 0.4) is 0 Å². The standard InChI is InChI=1S/C10H11BrF3N3O3/c1-4(18)3-16-9(19)20-8-6(15)2-5(7(11)17-8)10(12,13)14/h2,4,18H,3,15H2,1H3,(H,16,19). The van der Waals surface area contributed by atoms with Crippen molar-refractivity contribution in [3.63, 3.8) is 0 Å². The zero-order chi connectivity index (χ0) is 15.5. The predicted octanol–water partition coefficient (Wildman–Crippen LogP) is 1.91. The molecule has 0 aromatic carbocycles. The van der Waals surface area contributed by atoms with Gasteiger partial charge in [-0.15, -0.1) is 0 Å². The van der Waals surface area contributed by atoms with E-state index in [2.05, 4.69) is 31.0 Å². The Balaban J connectivity index is 2.88. The van der Waals surface area contributed by atoms with E-state index in [9.17, 15) is 18.0 Å². The summed E-state index contributed by atoms with van der Waals surface area (Å²) in [6.07, 6.45) is -6.42. The number of nitrogen functional groups attached to an aromatic ring is 1. The summed E-state index contributed by atoms with van der Waals surface area (Å²) in [7, 11) is 0. The van der Waals surface area contributed by atoms with Crippen molar-refractivity contribution in [1.29, 1.82) is 0 Å². The van der Waals surface area contributed by atoms with E-state index in [-0.39, 0.29) is 6.54 Å². The lowest BCUT2D eigenvalue weighted by molar-refractivity contribution is -0.138. The van der Waals surface area contributed by atoms with Gasteiger partial charge in [0.1, 0.15) is 4.60 Å². The van der Waals surface area contributed by atoms with Crippen molar-refractivity contribution < 1.29 is 27.8 Å². The Kier molecular flexibility index (Phi) is 5.17. The average Bonchev–Trinajstić information content (AvgIpc) is 2.29. The molecule has 6 nitrogen and oxygen atoms in total. The molecule has 4 N–H and O–H groups in total. The molecule has 0 aliphatic rings. The van der Waals surface area contributed by atoms with Crippen molar-refractivity contribution in [2.24, 2.45) is 0 Å². The van der Waals surface area contributed by atoms with Crippen LogP contribution in [0.15, 0.2) is 10.7 Å². The van der Waals surface area contributed by atoms with Gasteiger partial charge in [-0.3, -0.25) is 0 Å². The number of aromatic nitrogens is 1. The van der Waals surface area contributed by atoms with Crippen molar-refractivity contribution in [2.75, 3.05) is 12.3 Å². The fraction of sp³-hybridized carbons (Fsp3) is 0.400. The van der Waals surface area contributed by atoms with Crippen molar-refractivity contribution in [1.82, 2.24) is 10.3 Å². The first-order valence-electron chi connectivity index (χ1n) is 5.28. The average molecular weight is 358 g/mol. The topological polar surface area (TPSA) is 97.5 Å². The first-order valence-corrected chi connectivity index (χ1v) is 6.07. The molecule has 1 rings (SSSR count). The van der Waals surface area contributed by atoms with Crippen LogP contribution in [0.4, 0.5) is 23.7 Å². The van der Waals surface area contributed by atoms with Gasteiger partial charge in [-0.2, -0.15) is 13.2 Å². The fourth-order valence-corrected chi connectivity index (χ4v) is 1.63. The third-order valence-electron chi connectivity index (χ3n) is 2.01. The molecule has 0 spiro atoms. The number of amides is 1. The SMILES string of the molecule is CC(O)CNC(=O)Oc1nc(Br)c(C(F)(F)F)cc1N. The lowest BCUT2D eigenvalue weighted by Gasteiger charge is -2.12. The van der Waals surface area contributed by atoms with E-state index in [1.54, 1.807) is 0 Å². The third kappa shape index (κ3) is 4.53. The maximum atomic E-state index is 12.6. The van der Waals surface area contributed by atoms with E-state index in [1.165, 1.54) is 6.92 Å². The van der Waals surface area contributed by atoms with E-state index in [1.807, 2.05) is 0 Å². The Morgan fingerprint density at radius 2 is 2.25 bits per heavy atom. The van der Waals surface area contributed by atoms with Crippen molar-refractivity contribution in [2.45, 2.75) is 19.2 Å². The van der Waals surface area contributed by atoms with Crippen LogP contribution in [-0.4, -0.2) is 28.8 Å². The molecule has 0 radical (unpaired) electrons. The Labute approximate surface area is 120 Å². The summed E-state index contributed by atoms with van der Waals surface area (Å²) in [6, 6.07) is 0.606. The first kappa shape index (κ1) is 16.5. The van der Waals surface area contributed by atoms with Crippen molar-refractivity contribution >= 4 is 27.7 Å². The summed E-state index contributed by atoms with van der Waals surface area (Å²) >= 11 is 2.63. The Hall–Kier alpha value is -1.55. The number of hydrogen-bond donors (Lipinski definition) is 3. The molecule has 0 saturated heterocycles. The number of anilines is 1. The van der Waals surface area contributed by atoms with Gasteiger partial charge < -0.3 is 20.9 Å². The number of nitrogens with one attached hydrogen (secondary N) is 1. The molecule has 1 aromatic heterocycles. The zero-order valence-corrected chi connectivity index (χ0v) is 11.7. The molecule has 1 heterocycles. The predicted molar refractivity (Wildman–Crippen MR) is 67.1 cm³/mol. The molecule has 1 aromatic rings. The number of alkyl halides is 3. The summed E-state index contributed by atoms with van der Waals surface area (Å²) in [4.78, 5) is 14.7. The van der Waals surface area contributed by atoms with Crippen LogP contribution in [0, 0.1) is 0 Å². The Bertz CT molecular complexity index is 509. The molecule has 0 aliphatic heterocycles. The monoisotopic (exact) mass is 357 g/mol. The largest absolute Gasteiger partial charge is 0.419 e. The highest BCUT2D eigenvalue weighted by Gasteiger charge is 2.35. The number of pyridine rings is 1. The van der Waals surface area contributed by atoms with Crippen LogP contribution in [0.5, 0.6) is 5.88 Å². The number of carbonyl (C=O) groups is 1. The molecule has 0 saturated carbocycles. The number of aliphatic hydroxyl groups is 1. The molecular formula is C10H11BrF3N3O3. The van der Waals surface area contributed by atoms with Gasteiger partial charge in [0.15, 0.2) is 0 Å². The second-order valence-electron chi connectivity index (χ2n) is 3.84. The molecule has 1 atom stereocenters.